The lowest BCUT2D eigenvalue weighted by molar-refractivity contribution is -0.127. The molecule has 8 heteroatoms. The van der Waals surface area contributed by atoms with Crippen LogP contribution in [-0.4, -0.2) is 57.7 Å². The van der Waals surface area contributed by atoms with Gasteiger partial charge in [0.2, 0.25) is 5.91 Å². The SMILES string of the molecule is COCCOc1cc(C(=O)NCC(=O)N(C)C)cc2oc(Br)cc12. The Bertz CT molecular complexity index is 741. The van der Waals surface area contributed by atoms with Gasteiger partial charge in [-0.3, -0.25) is 9.59 Å². The van der Waals surface area contributed by atoms with Crippen molar-refractivity contribution in [2.45, 2.75) is 0 Å². The maximum Gasteiger partial charge on any atom is 0.251 e. The molecule has 1 aromatic heterocycles. The number of carbonyl (C=O) groups excluding carboxylic acids is 2. The van der Waals surface area contributed by atoms with Crippen LogP contribution < -0.4 is 10.1 Å². The van der Waals surface area contributed by atoms with Gasteiger partial charge in [-0.15, -0.1) is 0 Å². The molecule has 0 atom stereocenters. The molecule has 2 aromatic rings. The molecule has 1 N–H and O–H groups in total. The second kappa shape index (κ2) is 8.16. The molecule has 0 bridgehead atoms. The summed E-state index contributed by atoms with van der Waals surface area (Å²) in [6, 6.07) is 5.00. The summed E-state index contributed by atoms with van der Waals surface area (Å²) in [4.78, 5) is 25.3. The third-order valence-electron chi connectivity index (χ3n) is 3.28. The molecule has 24 heavy (non-hydrogen) atoms. The van der Waals surface area contributed by atoms with E-state index in [4.69, 9.17) is 13.9 Å². The number of rotatable bonds is 7. The van der Waals surface area contributed by atoms with E-state index in [1.54, 1.807) is 39.4 Å². The molecule has 2 amide bonds. The summed E-state index contributed by atoms with van der Waals surface area (Å²) < 4.78 is 16.7. The molecular formula is C16H19BrN2O5. The molecule has 0 aliphatic heterocycles. The van der Waals surface area contributed by atoms with Crippen LogP contribution in [0.1, 0.15) is 10.4 Å². The summed E-state index contributed by atoms with van der Waals surface area (Å²) in [5.74, 6) is -0.0546. The average molecular weight is 399 g/mol. The summed E-state index contributed by atoms with van der Waals surface area (Å²) in [6.45, 7) is 0.693. The Morgan fingerprint density at radius 3 is 2.67 bits per heavy atom. The van der Waals surface area contributed by atoms with Crippen molar-refractivity contribution in [3.05, 3.63) is 28.4 Å². The lowest BCUT2D eigenvalue weighted by Crippen LogP contribution is -2.36. The summed E-state index contributed by atoms with van der Waals surface area (Å²) in [7, 11) is 4.84. The van der Waals surface area contributed by atoms with Crippen molar-refractivity contribution < 1.29 is 23.5 Å². The number of furan rings is 1. The molecule has 0 aliphatic carbocycles. The minimum absolute atomic E-state index is 0.0778. The van der Waals surface area contributed by atoms with Gasteiger partial charge in [-0.05, 0) is 28.1 Å². The lowest BCUT2D eigenvalue weighted by Gasteiger charge is -2.12. The van der Waals surface area contributed by atoms with Gasteiger partial charge in [0.25, 0.3) is 5.91 Å². The third-order valence-corrected chi connectivity index (χ3v) is 3.67. The van der Waals surface area contributed by atoms with E-state index in [9.17, 15) is 9.59 Å². The van der Waals surface area contributed by atoms with Gasteiger partial charge in [0, 0.05) is 32.8 Å². The average Bonchev–Trinajstić information content (AvgIpc) is 2.92. The monoisotopic (exact) mass is 398 g/mol. The predicted molar refractivity (Wildman–Crippen MR) is 92.3 cm³/mol. The van der Waals surface area contributed by atoms with Gasteiger partial charge in [0.05, 0.1) is 18.5 Å². The highest BCUT2D eigenvalue weighted by Crippen LogP contribution is 2.32. The number of amides is 2. The number of hydrogen-bond donors (Lipinski definition) is 1. The van der Waals surface area contributed by atoms with Crippen molar-refractivity contribution >= 4 is 38.7 Å². The van der Waals surface area contributed by atoms with E-state index in [0.29, 0.717) is 34.8 Å². The molecule has 0 unspecified atom stereocenters. The van der Waals surface area contributed by atoms with E-state index in [1.807, 2.05) is 0 Å². The molecule has 2 rings (SSSR count). The molecule has 1 aromatic carbocycles. The number of hydrogen-bond acceptors (Lipinski definition) is 5. The van der Waals surface area contributed by atoms with E-state index in [1.165, 1.54) is 4.90 Å². The summed E-state index contributed by atoms with van der Waals surface area (Å²) in [5, 5.41) is 3.33. The third kappa shape index (κ3) is 4.48. The summed E-state index contributed by atoms with van der Waals surface area (Å²) in [6.07, 6.45) is 0. The van der Waals surface area contributed by atoms with Gasteiger partial charge in [-0.2, -0.15) is 0 Å². The van der Waals surface area contributed by atoms with E-state index >= 15 is 0 Å². The standard InChI is InChI=1S/C16H19BrN2O5/c1-19(2)15(20)9-18-16(21)10-6-12(23-5-4-22-3)11-8-14(17)24-13(11)7-10/h6-8H,4-5,9H2,1-3H3,(H,18,21). The molecule has 0 spiro atoms. The second-order valence-electron chi connectivity index (χ2n) is 5.25. The fourth-order valence-corrected chi connectivity index (χ4v) is 2.38. The van der Waals surface area contributed by atoms with Crippen molar-refractivity contribution in [1.82, 2.24) is 10.2 Å². The van der Waals surface area contributed by atoms with Gasteiger partial charge < -0.3 is 24.1 Å². The first-order valence-electron chi connectivity index (χ1n) is 7.25. The van der Waals surface area contributed by atoms with E-state index < -0.39 is 0 Å². The number of halogens is 1. The lowest BCUT2D eigenvalue weighted by atomic mass is 10.1. The van der Waals surface area contributed by atoms with Crippen molar-refractivity contribution in [3.63, 3.8) is 0 Å². The number of carbonyl (C=O) groups is 2. The highest BCUT2D eigenvalue weighted by Gasteiger charge is 2.15. The largest absolute Gasteiger partial charge is 0.490 e. The fourth-order valence-electron chi connectivity index (χ4n) is 1.98. The van der Waals surface area contributed by atoms with Crippen LogP contribution in [0.15, 0.2) is 27.3 Å². The minimum atomic E-state index is -0.379. The van der Waals surface area contributed by atoms with Crippen molar-refractivity contribution in [3.8, 4) is 5.75 Å². The number of fused-ring (bicyclic) bond motifs is 1. The van der Waals surface area contributed by atoms with Crippen molar-refractivity contribution in [2.24, 2.45) is 0 Å². The van der Waals surface area contributed by atoms with Gasteiger partial charge >= 0.3 is 0 Å². The van der Waals surface area contributed by atoms with Crippen molar-refractivity contribution in [1.29, 1.82) is 0 Å². The topological polar surface area (TPSA) is 81.0 Å². The zero-order valence-corrected chi connectivity index (χ0v) is 15.3. The van der Waals surface area contributed by atoms with Crippen LogP contribution in [0, 0.1) is 0 Å². The highest BCUT2D eigenvalue weighted by molar-refractivity contribution is 9.10. The summed E-state index contributed by atoms with van der Waals surface area (Å²) in [5.41, 5.74) is 0.865. The molecule has 1 heterocycles. The number of nitrogens with zero attached hydrogens (tertiary/aromatic N) is 1. The van der Waals surface area contributed by atoms with E-state index in [2.05, 4.69) is 21.2 Å². The van der Waals surface area contributed by atoms with Gasteiger partial charge in [0.15, 0.2) is 4.67 Å². The molecule has 0 aliphatic rings. The van der Waals surface area contributed by atoms with Gasteiger partial charge in [-0.25, -0.2) is 0 Å². The van der Waals surface area contributed by atoms with Gasteiger partial charge in [-0.1, -0.05) is 0 Å². The van der Waals surface area contributed by atoms with Crippen LogP contribution in [0.3, 0.4) is 0 Å². The molecule has 0 saturated carbocycles. The Kier molecular flexibility index (Phi) is 6.22. The number of nitrogens with one attached hydrogen (secondary N) is 1. The first-order valence-corrected chi connectivity index (χ1v) is 8.05. The number of methoxy groups -OCH3 is 1. The molecule has 130 valence electrons. The molecule has 0 saturated heterocycles. The highest BCUT2D eigenvalue weighted by atomic mass is 79.9. The van der Waals surface area contributed by atoms with E-state index in [-0.39, 0.29) is 18.4 Å². The second-order valence-corrected chi connectivity index (χ2v) is 6.03. The predicted octanol–water partition coefficient (Wildman–Crippen LogP) is 2.04. The zero-order chi connectivity index (χ0) is 17.7. The Balaban J connectivity index is 2.22. The van der Waals surface area contributed by atoms with E-state index in [0.717, 1.165) is 5.39 Å². The Hall–Kier alpha value is -2.06. The Morgan fingerprint density at radius 2 is 2.00 bits per heavy atom. The molecule has 0 radical (unpaired) electrons. The Labute approximate surface area is 148 Å². The number of likely N-dealkylation sites (N-methyl/N-ethyl adjacent to an activating group) is 1. The zero-order valence-electron chi connectivity index (χ0n) is 13.7. The summed E-state index contributed by atoms with van der Waals surface area (Å²) >= 11 is 3.27. The van der Waals surface area contributed by atoms with Crippen LogP contribution in [0.2, 0.25) is 0 Å². The first kappa shape index (κ1) is 18.3. The fraction of sp³-hybridized carbons (Fsp3) is 0.375. The van der Waals surface area contributed by atoms with Crippen molar-refractivity contribution in [2.75, 3.05) is 41.0 Å². The number of benzene rings is 1. The molecule has 0 fully saturated rings. The maximum absolute atomic E-state index is 12.3. The normalized spacial score (nSPS) is 10.7. The van der Waals surface area contributed by atoms with Crippen LogP contribution in [-0.2, 0) is 9.53 Å². The smallest absolute Gasteiger partial charge is 0.251 e. The van der Waals surface area contributed by atoms with Crippen LogP contribution in [0.25, 0.3) is 11.0 Å². The first-order chi connectivity index (χ1) is 11.4. The van der Waals surface area contributed by atoms with Gasteiger partial charge in [0.1, 0.15) is 17.9 Å². The molecule has 7 nitrogen and oxygen atoms in total. The van der Waals surface area contributed by atoms with Crippen LogP contribution in [0.5, 0.6) is 5.75 Å². The molecular weight excluding hydrogens is 380 g/mol. The Morgan fingerprint density at radius 1 is 1.25 bits per heavy atom. The minimum Gasteiger partial charge on any atom is -0.490 e. The maximum atomic E-state index is 12.3. The van der Waals surface area contributed by atoms with Crippen LogP contribution >= 0.6 is 15.9 Å². The van der Waals surface area contributed by atoms with Crippen LogP contribution in [0.4, 0.5) is 0 Å². The quantitative estimate of drug-likeness (QED) is 0.721. The number of ether oxygens (including phenoxy) is 2.